The van der Waals surface area contributed by atoms with Gasteiger partial charge in [0.2, 0.25) is 10.0 Å². The summed E-state index contributed by atoms with van der Waals surface area (Å²) >= 11 is 0. The number of nitrogens with two attached hydrogens (primary N) is 1. The molecule has 1 fully saturated rings. The average molecular weight is 462 g/mol. The van der Waals surface area contributed by atoms with Crippen molar-refractivity contribution in [2.45, 2.75) is 24.7 Å². The Hall–Kier alpha value is -3.51. The number of nitrogens with zero attached hydrogens (tertiary/aromatic N) is 3. The van der Waals surface area contributed by atoms with Gasteiger partial charge in [-0.15, -0.1) is 0 Å². The Morgan fingerprint density at radius 3 is 2.47 bits per heavy atom. The molecule has 0 aromatic heterocycles. The summed E-state index contributed by atoms with van der Waals surface area (Å²) in [6.07, 6.45) is 2.04. The van der Waals surface area contributed by atoms with Crippen molar-refractivity contribution >= 4 is 33.0 Å². The first-order valence-corrected chi connectivity index (χ1v) is 11.3. The van der Waals surface area contributed by atoms with Gasteiger partial charge < -0.3 is 9.64 Å². The van der Waals surface area contributed by atoms with Crippen LogP contribution in [0.25, 0.3) is 0 Å². The summed E-state index contributed by atoms with van der Waals surface area (Å²) in [4.78, 5) is 24.0. The first-order chi connectivity index (χ1) is 15.1. The maximum atomic E-state index is 12.1. The molecule has 2 aromatic carbocycles. The molecular formula is C20H23N5O6S. The van der Waals surface area contributed by atoms with E-state index < -0.39 is 20.6 Å². The largest absolute Gasteiger partial charge is 0.484 e. The lowest BCUT2D eigenvalue weighted by Gasteiger charge is -2.15. The van der Waals surface area contributed by atoms with Crippen molar-refractivity contribution in [3.8, 4) is 5.75 Å². The summed E-state index contributed by atoms with van der Waals surface area (Å²) in [7, 11) is -4.07. The van der Waals surface area contributed by atoms with Gasteiger partial charge >= 0.3 is 0 Å². The van der Waals surface area contributed by atoms with Crippen molar-refractivity contribution in [1.82, 2.24) is 4.90 Å². The van der Waals surface area contributed by atoms with Crippen molar-refractivity contribution in [3.63, 3.8) is 0 Å². The van der Waals surface area contributed by atoms with Crippen LogP contribution in [0.15, 0.2) is 52.5 Å². The molecule has 0 bridgehead atoms. The number of hydrogen-bond donors (Lipinski definition) is 2. The first kappa shape index (κ1) is 23.2. The third-order valence-corrected chi connectivity index (χ3v) is 5.84. The Morgan fingerprint density at radius 2 is 1.88 bits per heavy atom. The number of ether oxygens (including phenoxy) is 1. The maximum Gasteiger partial charge on any atom is 0.295 e. The van der Waals surface area contributed by atoms with Crippen LogP contribution in [0.2, 0.25) is 0 Å². The molecule has 32 heavy (non-hydrogen) atoms. The van der Waals surface area contributed by atoms with E-state index in [-0.39, 0.29) is 23.1 Å². The predicted octanol–water partition coefficient (Wildman–Crippen LogP) is 2.08. The number of rotatable bonds is 8. The Kier molecular flexibility index (Phi) is 7.05. The van der Waals surface area contributed by atoms with E-state index in [2.05, 4.69) is 10.5 Å². The predicted molar refractivity (Wildman–Crippen MR) is 118 cm³/mol. The zero-order valence-electron chi connectivity index (χ0n) is 17.4. The minimum Gasteiger partial charge on any atom is -0.484 e. The number of nitro benzene ring substituents is 1. The second-order valence-corrected chi connectivity index (χ2v) is 8.75. The fraction of sp³-hybridized carbons (Fsp3) is 0.300. The molecule has 3 N–H and O–H groups in total. The SMILES string of the molecule is C/C(=N\Nc1ccc(S(N)(=O)=O)cc1[N+](=O)[O-])c1ccc(OCC(=O)N2CCCC2)cc1. The molecule has 0 spiro atoms. The van der Waals surface area contributed by atoms with Crippen LogP contribution in [0.3, 0.4) is 0 Å². The van der Waals surface area contributed by atoms with Gasteiger partial charge in [0.1, 0.15) is 11.4 Å². The molecule has 0 aliphatic carbocycles. The molecule has 1 aliphatic heterocycles. The number of amides is 1. The van der Waals surface area contributed by atoms with Gasteiger partial charge in [0.25, 0.3) is 11.6 Å². The highest BCUT2D eigenvalue weighted by Gasteiger charge is 2.19. The molecular weight excluding hydrogens is 438 g/mol. The fourth-order valence-corrected chi connectivity index (χ4v) is 3.67. The Balaban J connectivity index is 1.66. The molecule has 1 amide bonds. The summed E-state index contributed by atoms with van der Waals surface area (Å²) in [5.74, 6) is 0.500. The molecule has 0 radical (unpaired) electrons. The molecule has 0 saturated carbocycles. The number of benzene rings is 2. The molecule has 11 nitrogen and oxygen atoms in total. The van der Waals surface area contributed by atoms with E-state index in [1.165, 1.54) is 6.07 Å². The van der Waals surface area contributed by atoms with Crippen LogP contribution in [0.4, 0.5) is 11.4 Å². The normalized spacial score (nSPS) is 14.3. The third kappa shape index (κ3) is 5.80. The van der Waals surface area contributed by atoms with E-state index in [1.54, 1.807) is 36.1 Å². The number of hydrazone groups is 1. The number of carbonyl (C=O) groups excluding carboxylic acids is 1. The highest BCUT2D eigenvalue weighted by molar-refractivity contribution is 7.89. The molecule has 1 saturated heterocycles. The molecule has 1 heterocycles. The van der Waals surface area contributed by atoms with Gasteiger partial charge in [0, 0.05) is 19.2 Å². The van der Waals surface area contributed by atoms with Gasteiger partial charge in [0.15, 0.2) is 6.61 Å². The van der Waals surface area contributed by atoms with Crippen molar-refractivity contribution in [2.75, 3.05) is 25.1 Å². The van der Waals surface area contributed by atoms with Crippen LogP contribution in [0.5, 0.6) is 5.75 Å². The topological polar surface area (TPSA) is 157 Å². The summed E-state index contributed by atoms with van der Waals surface area (Å²) in [5, 5.41) is 20.4. The molecule has 170 valence electrons. The van der Waals surface area contributed by atoms with Gasteiger partial charge in [-0.05, 0) is 61.7 Å². The van der Waals surface area contributed by atoms with E-state index >= 15 is 0 Å². The van der Waals surface area contributed by atoms with Crippen LogP contribution >= 0.6 is 0 Å². The van der Waals surface area contributed by atoms with Crippen molar-refractivity contribution in [2.24, 2.45) is 10.2 Å². The minimum absolute atomic E-state index is 0.0159. The average Bonchev–Trinajstić information content (AvgIpc) is 3.30. The van der Waals surface area contributed by atoms with Crippen LogP contribution in [-0.4, -0.2) is 49.6 Å². The number of anilines is 1. The summed E-state index contributed by atoms with van der Waals surface area (Å²) in [5.41, 5.74) is 3.37. The standard InChI is InChI=1S/C20H23N5O6S/c1-14(22-23-18-9-8-17(32(21,29)30)12-19(18)25(27)28)15-4-6-16(7-5-15)31-13-20(26)24-10-2-3-11-24/h4-9,12,23H,2-3,10-11,13H2,1H3,(H2,21,29,30)/b22-14+. The number of nitrogens with one attached hydrogen (secondary N) is 1. The van der Waals surface area contributed by atoms with Crippen LogP contribution in [-0.2, 0) is 14.8 Å². The van der Waals surface area contributed by atoms with Gasteiger partial charge in [-0.3, -0.25) is 20.3 Å². The van der Waals surface area contributed by atoms with E-state index in [0.717, 1.165) is 43.6 Å². The van der Waals surface area contributed by atoms with Crippen LogP contribution < -0.4 is 15.3 Å². The number of primary sulfonamides is 1. The number of likely N-dealkylation sites (tertiary alicyclic amines) is 1. The second-order valence-electron chi connectivity index (χ2n) is 7.19. The van der Waals surface area contributed by atoms with E-state index in [9.17, 15) is 23.3 Å². The van der Waals surface area contributed by atoms with E-state index in [0.29, 0.717) is 11.5 Å². The number of hydrogen-bond acceptors (Lipinski definition) is 8. The Labute approximate surface area is 185 Å². The van der Waals surface area contributed by atoms with Crippen molar-refractivity contribution in [1.29, 1.82) is 0 Å². The lowest BCUT2D eigenvalue weighted by Crippen LogP contribution is -2.32. The summed E-state index contributed by atoms with van der Waals surface area (Å²) in [6, 6.07) is 10.2. The fourth-order valence-electron chi connectivity index (χ4n) is 3.14. The van der Waals surface area contributed by atoms with E-state index in [1.807, 2.05) is 0 Å². The Bertz CT molecular complexity index is 1140. The van der Waals surface area contributed by atoms with Gasteiger partial charge in [-0.25, -0.2) is 13.6 Å². The zero-order chi connectivity index (χ0) is 23.3. The second kappa shape index (κ2) is 9.75. The molecule has 0 atom stereocenters. The maximum absolute atomic E-state index is 12.1. The minimum atomic E-state index is -4.07. The highest BCUT2D eigenvalue weighted by atomic mass is 32.2. The molecule has 3 rings (SSSR count). The van der Waals surface area contributed by atoms with Gasteiger partial charge in [-0.2, -0.15) is 5.10 Å². The monoisotopic (exact) mass is 461 g/mol. The quantitative estimate of drug-likeness (QED) is 0.346. The Morgan fingerprint density at radius 1 is 1.22 bits per heavy atom. The van der Waals surface area contributed by atoms with Gasteiger partial charge in [-0.1, -0.05) is 0 Å². The van der Waals surface area contributed by atoms with Crippen LogP contribution in [0.1, 0.15) is 25.3 Å². The summed E-state index contributed by atoms with van der Waals surface area (Å²) in [6.45, 7) is 3.22. The van der Waals surface area contributed by atoms with Crippen LogP contribution in [0, 0.1) is 10.1 Å². The lowest BCUT2D eigenvalue weighted by molar-refractivity contribution is -0.384. The molecule has 12 heteroatoms. The highest BCUT2D eigenvalue weighted by Crippen LogP contribution is 2.27. The zero-order valence-corrected chi connectivity index (χ0v) is 18.2. The number of sulfonamides is 1. The first-order valence-electron chi connectivity index (χ1n) is 9.78. The summed E-state index contributed by atoms with van der Waals surface area (Å²) < 4.78 is 28.4. The number of carbonyl (C=O) groups is 1. The lowest BCUT2D eigenvalue weighted by atomic mass is 10.1. The molecule has 1 aliphatic rings. The third-order valence-electron chi connectivity index (χ3n) is 4.93. The van der Waals surface area contributed by atoms with Crippen molar-refractivity contribution in [3.05, 3.63) is 58.1 Å². The molecule has 2 aromatic rings. The van der Waals surface area contributed by atoms with E-state index in [4.69, 9.17) is 9.88 Å². The smallest absolute Gasteiger partial charge is 0.295 e. The molecule has 0 unspecified atom stereocenters. The van der Waals surface area contributed by atoms with Crippen molar-refractivity contribution < 1.29 is 22.9 Å². The number of nitro groups is 1. The van der Waals surface area contributed by atoms with Gasteiger partial charge in [0.05, 0.1) is 15.5 Å².